The molecule has 1 unspecified atom stereocenters. The smallest absolute Gasteiger partial charge is 0.0627 e. The molecule has 0 saturated heterocycles. The van der Waals surface area contributed by atoms with E-state index in [4.69, 9.17) is 10.8 Å². The molecule has 1 heterocycles. The van der Waals surface area contributed by atoms with Crippen molar-refractivity contribution in [3.05, 3.63) is 29.8 Å². The van der Waals surface area contributed by atoms with E-state index < -0.39 is 0 Å². The van der Waals surface area contributed by atoms with Crippen LogP contribution in [0.2, 0.25) is 0 Å². The van der Waals surface area contributed by atoms with Crippen LogP contribution in [0.1, 0.15) is 5.56 Å². The first-order valence-electron chi connectivity index (χ1n) is 7.83. The molecule has 6 nitrogen and oxygen atoms in total. The second-order valence-corrected chi connectivity index (χ2v) is 7.17. The molecule has 0 radical (unpaired) electrons. The molecule has 132 valence electrons. The van der Waals surface area contributed by atoms with Crippen molar-refractivity contribution in [2.24, 2.45) is 4.99 Å². The SMILES string of the molecule is C=S1CC(=NCCO)C=C1c1cc(N)ccc1N(CCO)CCO. The number of allylic oxidation sites excluding steroid dienone is 1. The van der Waals surface area contributed by atoms with Crippen molar-refractivity contribution in [3.8, 4) is 0 Å². The highest BCUT2D eigenvalue weighted by molar-refractivity contribution is 8.23. The fourth-order valence-electron chi connectivity index (χ4n) is 2.67. The molecule has 0 bridgehead atoms. The molecule has 24 heavy (non-hydrogen) atoms. The number of anilines is 2. The Morgan fingerprint density at radius 2 is 1.88 bits per heavy atom. The Bertz CT molecular complexity index is 652. The van der Waals surface area contributed by atoms with Gasteiger partial charge in [0.25, 0.3) is 0 Å². The lowest BCUT2D eigenvalue weighted by Gasteiger charge is -2.26. The number of benzene rings is 1. The molecule has 0 aliphatic carbocycles. The minimum Gasteiger partial charge on any atom is -0.399 e. The van der Waals surface area contributed by atoms with E-state index in [0.717, 1.165) is 27.6 Å². The number of aliphatic imine (C=N–C) groups is 1. The lowest BCUT2D eigenvalue weighted by molar-refractivity contribution is 0.281. The summed E-state index contributed by atoms with van der Waals surface area (Å²) in [7, 11) is -0.247. The first kappa shape index (κ1) is 18.7. The van der Waals surface area contributed by atoms with Gasteiger partial charge in [-0.25, -0.2) is 0 Å². The van der Waals surface area contributed by atoms with Gasteiger partial charge in [-0.3, -0.25) is 4.99 Å². The predicted octanol–water partition coefficient (Wildman–Crippen LogP) is 0.548. The highest BCUT2D eigenvalue weighted by Gasteiger charge is 2.21. The van der Waals surface area contributed by atoms with Crippen molar-refractivity contribution in [1.82, 2.24) is 0 Å². The van der Waals surface area contributed by atoms with E-state index >= 15 is 0 Å². The van der Waals surface area contributed by atoms with Gasteiger partial charge in [0.15, 0.2) is 0 Å². The molecule has 1 aromatic carbocycles. The third kappa shape index (κ3) is 4.45. The maximum atomic E-state index is 9.31. The summed E-state index contributed by atoms with van der Waals surface area (Å²) < 4.78 is 0. The molecule has 0 spiro atoms. The Kier molecular flexibility index (Phi) is 6.99. The number of nitrogen functional groups attached to an aromatic ring is 1. The van der Waals surface area contributed by atoms with Crippen LogP contribution in [0.3, 0.4) is 0 Å². The van der Waals surface area contributed by atoms with Crippen LogP contribution >= 0.6 is 10.5 Å². The molecule has 1 aromatic rings. The van der Waals surface area contributed by atoms with E-state index in [2.05, 4.69) is 10.9 Å². The zero-order chi connectivity index (χ0) is 17.5. The summed E-state index contributed by atoms with van der Waals surface area (Å²) in [4.78, 5) is 7.37. The van der Waals surface area contributed by atoms with Crippen LogP contribution in [0.15, 0.2) is 29.3 Å². The van der Waals surface area contributed by atoms with Crippen LogP contribution in [0, 0.1) is 0 Å². The van der Waals surface area contributed by atoms with Gasteiger partial charge in [-0.15, -0.1) is 0 Å². The van der Waals surface area contributed by atoms with Gasteiger partial charge in [-0.1, -0.05) is 5.87 Å². The number of aliphatic hydroxyl groups excluding tert-OH is 3. The van der Waals surface area contributed by atoms with Gasteiger partial charge in [0, 0.05) is 46.4 Å². The summed E-state index contributed by atoms with van der Waals surface area (Å²) in [6.45, 7) is 1.29. The van der Waals surface area contributed by atoms with Crippen LogP contribution in [-0.4, -0.2) is 72.1 Å². The maximum Gasteiger partial charge on any atom is 0.0627 e. The van der Waals surface area contributed by atoms with Crippen molar-refractivity contribution in [3.63, 3.8) is 0 Å². The topological polar surface area (TPSA) is 102 Å². The monoisotopic (exact) mass is 351 g/mol. The van der Waals surface area contributed by atoms with Gasteiger partial charge in [0.1, 0.15) is 0 Å². The first-order valence-corrected chi connectivity index (χ1v) is 9.40. The Hall–Kier alpha value is -1.67. The molecule has 0 saturated carbocycles. The minimum atomic E-state index is -0.247. The van der Waals surface area contributed by atoms with Gasteiger partial charge >= 0.3 is 0 Å². The molecular weight excluding hydrogens is 326 g/mol. The maximum absolute atomic E-state index is 9.31. The second-order valence-electron chi connectivity index (χ2n) is 5.45. The van der Waals surface area contributed by atoms with Crippen LogP contribution < -0.4 is 10.6 Å². The van der Waals surface area contributed by atoms with Gasteiger partial charge in [-0.05, 0) is 24.3 Å². The number of hydrogen-bond donors (Lipinski definition) is 4. The molecule has 0 amide bonds. The van der Waals surface area contributed by atoms with Crippen LogP contribution in [0.4, 0.5) is 11.4 Å². The Labute approximate surface area is 144 Å². The summed E-state index contributed by atoms with van der Waals surface area (Å²) in [6, 6.07) is 5.64. The molecule has 2 rings (SSSR count). The van der Waals surface area contributed by atoms with E-state index in [9.17, 15) is 10.2 Å². The first-order chi connectivity index (χ1) is 11.6. The van der Waals surface area contributed by atoms with Crippen molar-refractivity contribution in [2.45, 2.75) is 0 Å². The second kappa shape index (κ2) is 8.98. The van der Waals surface area contributed by atoms with E-state index in [1.165, 1.54) is 0 Å². The van der Waals surface area contributed by atoms with Gasteiger partial charge in [-0.2, -0.15) is 10.5 Å². The van der Waals surface area contributed by atoms with Crippen LogP contribution in [0.25, 0.3) is 4.91 Å². The fraction of sp³-hybridized carbons (Fsp3) is 0.412. The van der Waals surface area contributed by atoms with E-state index in [-0.39, 0.29) is 30.3 Å². The standard InChI is InChI=1S/C17H25N3O3S/c1-24-12-14(19-4-7-21)11-17(24)15-10-13(18)2-3-16(15)20(5-8-22)6-9-23/h2-3,10-11,21-23H,1,4-9,12,18H2. The normalized spacial score (nSPS) is 18.9. The summed E-state index contributed by atoms with van der Waals surface area (Å²) in [5.41, 5.74) is 9.45. The third-order valence-electron chi connectivity index (χ3n) is 3.71. The van der Waals surface area contributed by atoms with E-state index in [0.29, 0.717) is 25.3 Å². The fourth-order valence-corrected chi connectivity index (χ4v) is 4.14. The molecule has 1 atom stereocenters. The quantitative estimate of drug-likeness (QED) is 0.405. The molecule has 7 heteroatoms. The largest absolute Gasteiger partial charge is 0.399 e. The summed E-state index contributed by atoms with van der Waals surface area (Å²) in [5, 5.41) is 27.6. The Morgan fingerprint density at radius 1 is 1.17 bits per heavy atom. The van der Waals surface area contributed by atoms with Gasteiger partial charge in [0.2, 0.25) is 0 Å². The highest BCUT2D eigenvalue weighted by atomic mass is 32.2. The van der Waals surface area contributed by atoms with Crippen molar-refractivity contribution in [1.29, 1.82) is 0 Å². The molecule has 1 aliphatic rings. The highest BCUT2D eigenvalue weighted by Crippen LogP contribution is 2.42. The van der Waals surface area contributed by atoms with E-state index in [1.807, 2.05) is 29.2 Å². The predicted molar refractivity (Wildman–Crippen MR) is 104 cm³/mol. The van der Waals surface area contributed by atoms with Crippen LogP contribution in [-0.2, 0) is 0 Å². The Morgan fingerprint density at radius 3 is 2.50 bits per heavy atom. The van der Waals surface area contributed by atoms with Crippen molar-refractivity contribution in [2.75, 3.05) is 55.8 Å². The number of rotatable bonds is 8. The average Bonchev–Trinajstić information content (AvgIpc) is 2.93. The summed E-state index contributed by atoms with van der Waals surface area (Å²) >= 11 is 0. The van der Waals surface area contributed by atoms with Crippen molar-refractivity contribution >= 4 is 38.3 Å². The molecule has 5 N–H and O–H groups in total. The van der Waals surface area contributed by atoms with E-state index in [1.54, 1.807) is 0 Å². The molecular formula is C17H25N3O3S. The molecule has 1 aliphatic heterocycles. The minimum absolute atomic E-state index is 0.00214. The average molecular weight is 351 g/mol. The van der Waals surface area contributed by atoms with Gasteiger partial charge in [0.05, 0.1) is 26.4 Å². The lowest BCUT2D eigenvalue weighted by atomic mass is 10.1. The Balaban J connectivity index is 2.45. The van der Waals surface area contributed by atoms with Crippen molar-refractivity contribution < 1.29 is 15.3 Å². The third-order valence-corrected chi connectivity index (χ3v) is 5.32. The van der Waals surface area contributed by atoms with Gasteiger partial charge < -0.3 is 26.0 Å². The number of nitrogens with two attached hydrogens (primary N) is 1. The summed E-state index contributed by atoms with van der Waals surface area (Å²) in [6.07, 6.45) is 2.01. The molecule has 0 fully saturated rings. The number of aliphatic hydroxyl groups is 3. The molecule has 0 aromatic heterocycles. The number of hydrogen-bond acceptors (Lipinski definition) is 6. The number of nitrogens with zero attached hydrogens (tertiary/aromatic N) is 2. The zero-order valence-corrected chi connectivity index (χ0v) is 14.5. The lowest BCUT2D eigenvalue weighted by Crippen LogP contribution is -2.30. The zero-order valence-electron chi connectivity index (χ0n) is 13.7. The van der Waals surface area contributed by atoms with Crippen LogP contribution in [0.5, 0.6) is 0 Å². The summed E-state index contributed by atoms with van der Waals surface area (Å²) in [5.74, 6) is 4.99.